The number of ether oxygens (including phenoxy) is 1. The molecular weight excluding hydrogens is 267 g/mol. The van der Waals surface area contributed by atoms with Gasteiger partial charge < -0.3 is 4.74 Å². The number of halogens is 1. The van der Waals surface area contributed by atoms with Gasteiger partial charge >= 0.3 is 0 Å². The molecule has 110 valence electrons. The van der Waals surface area contributed by atoms with Crippen molar-refractivity contribution in [1.29, 1.82) is 0 Å². The lowest BCUT2D eigenvalue weighted by Crippen LogP contribution is -1.88. The molecule has 2 nitrogen and oxygen atoms in total. The summed E-state index contributed by atoms with van der Waals surface area (Å²) in [5.41, 5.74) is 3.63. The lowest BCUT2D eigenvalue weighted by molar-refractivity contribution is -0.104. The summed E-state index contributed by atoms with van der Waals surface area (Å²) in [6, 6.07) is 13.0. The van der Waals surface area contributed by atoms with Crippen LogP contribution >= 0.6 is 0 Å². The second-order valence-electron chi connectivity index (χ2n) is 4.68. The van der Waals surface area contributed by atoms with Gasteiger partial charge in [-0.25, -0.2) is 4.39 Å². The first-order valence-electron chi connectivity index (χ1n) is 6.49. The van der Waals surface area contributed by atoms with Crippen LogP contribution < -0.4 is 4.74 Å². The van der Waals surface area contributed by atoms with Crippen molar-refractivity contribution >= 4 is 6.29 Å². The largest absolute Gasteiger partial charge is 0.494 e. The minimum Gasteiger partial charge on any atom is -0.494 e. The zero-order valence-corrected chi connectivity index (χ0v) is 12.5. The molecule has 0 aliphatic carbocycles. The molecule has 0 atom stereocenters. The van der Waals surface area contributed by atoms with Crippen molar-refractivity contribution in [3.8, 4) is 16.9 Å². The molecule has 2 rings (SSSR count). The number of aryl methyl sites for hydroxylation is 1. The molecule has 0 heterocycles. The highest BCUT2D eigenvalue weighted by Gasteiger charge is 2.04. The minimum absolute atomic E-state index is 0.274. The van der Waals surface area contributed by atoms with E-state index in [1.54, 1.807) is 13.0 Å². The van der Waals surface area contributed by atoms with Crippen LogP contribution in [-0.2, 0) is 4.79 Å². The van der Waals surface area contributed by atoms with Crippen molar-refractivity contribution in [2.75, 3.05) is 7.11 Å². The summed E-state index contributed by atoms with van der Waals surface area (Å²) in [4.78, 5) is 9.41. The first-order valence-corrected chi connectivity index (χ1v) is 6.49. The van der Waals surface area contributed by atoms with Crippen LogP contribution in [0.1, 0.15) is 12.5 Å². The fourth-order valence-corrected chi connectivity index (χ4v) is 1.59. The second-order valence-corrected chi connectivity index (χ2v) is 4.68. The van der Waals surface area contributed by atoms with Crippen LogP contribution in [0.25, 0.3) is 11.1 Å². The molecule has 0 amide bonds. The first kappa shape index (κ1) is 16.6. The molecule has 0 saturated carbocycles. The monoisotopic (exact) mass is 286 g/mol. The van der Waals surface area contributed by atoms with Crippen molar-refractivity contribution in [2.24, 2.45) is 0 Å². The molecule has 0 fully saturated rings. The molecule has 3 heteroatoms. The van der Waals surface area contributed by atoms with Gasteiger partial charge in [0.05, 0.1) is 7.11 Å². The number of carbonyl (C=O) groups excluding carboxylic acids is 1. The molecule has 0 bridgehead atoms. The predicted octanol–water partition coefficient (Wildman–Crippen LogP) is 4.57. The molecule has 21 heavy (non-hydrogen) atoms. The summed E-state index contributed by atoms with van der Waals surface area (Å²) in [6.07, 6.45) is 0.722. The van der Waals surface area contributed by atoms with E-state index in [4.69, 9.17) is 4.74 Å². The fraction of sp³-hybridized carbons (Fsp3) is 0.167. The van der Waals surface area contributed by atoms with Crippen LogP contribution in [0.2, 0.25) is 0 Å². The van der Waals surface area contributed by atoms with Gasteiger partial charge in [0.2, 0.25) is 0 Å². The quantitative estimate of drug-likeness (QED) is 0.610. The Bertz CT molecular complexity index is 616. The molecule has 0 saturated heterocycles. The van der Waals surface area contributed by atoms with E-state index in [1.807, 2.05) is 37.3 Å². The number of aldehydes is 1. The van der Waals surface area contributed by atoms with Gasteiger partial charge in [0.25, 0.3) is 0 Å². The van der Waals surface area contributed by atoms with E-state index in [0.717, 1.165) is 17.4 Å². The highest BCUT2D eigenvalue weighted by atomic mass is 19.1. The second kappa shape index (κ2) is 8.00. The summed E-state index contributed by atoms with van der Waals surface area (Å²) < 4.78 is 18.4. The highest BCUT2D eigenvalue weighted by molar-refractivity contribution is 5.70. The van der Waals surface area contributed by atoms with Crippen LogP contribution in [0, 0.1) is 12.7 Å². The normalized spacial score (nSPS) is 9.33. The van der Waals surface area contributed by atoms with Crippen LogP contribution in [0.4, 0.5) is 4.39 Å². The van der Waals surface area contributed by atoms with Crippen molar-refractivity contribution in [3.63, 3.8) is 0 Å². The van der Waals surface area contributed by atoms with Gasteiger partial charge in [-0.15, -0.1) is 0 Å². The standard InChI is InChI=1S/C14H13FO.C4H6O/c1-10-3-5-11(6-4-10)12-7-8-14(16-2)13(15)9-12;1-4(2)3-5/h3-9H,1-2H3;3H,1H2,2H3. The van der Waals surface area contributed by atoms with Gasteiger partial charge in [0.15, 0.2) is 11.6 Å². The first-order chi connectivity index (χ1) is 9.97. The molecule has 0 aromatic heterocycles. The molecule has 0 unspecified atom stereocenters. The summed E-state index contributed by atoms with van der Waals surface area (Å²) in [7, 11) is 1.46. The predicted molar refractivity (Wildman–Crippen MR) is 84.0 cm³/mol. The Morgan fingerprint density at radius 1 is 1.14 bits per heavy atom. The summed E-state index contributed by atoms with van der Waals surface area (Å²) in [5, 5.41) is 0. The third kappa shape index (κ3) is 5.22. The maximum atomic E-state index is 13.5. The van der Waals surface area contributed by atoms with Gasteiger partial charge in [0, 0.05) is 0 Å². The smallest absolute Gasteiger partial charge is 0.165 e. The van der Waals surface area contributed by atoms with Crippen LogP contribution in [0.5, 0.6) is 5.75 Å². The lowest BCUT2D eigenvalue weighted by atomic mass is 10.0. The SMILES string of the molecule is C=C(C)C=O.COc1ccc(-c2ccc(C)cc2)cc1F. The van der Waals surface area contributed by atoms with Crippen molar-refractivity contribution < 1.29 is 13.9 Å². The molecule has 2 aromatic rings. The summed E-state index contributed by atoms with van der Waals surface area (Å²) >= 11 is 0. The van der Waals surface area contributed by atoms with E-state index < -0.39 is 0 Å². The zero-order chi connectivity index (χ0) is 15.8. The summed E-state index contributed by atoms with van der Waals surface area (Å²) in [5.74, 6) is -0.0589. The average Bonchev–Trinajstić information content (AvgIpc) is 2.48. The number of hydrogen-bond acceptors (Lipinski definition) is 2. The van der Waals surface area contributed by atoms with Crippen molar-refractivity contribution in [2.45, 2.75) is 13.8 Å². The molecule has 0 aliphatic heterocycles. The fourth-order valence-electron chi connectivity index (χ4n) is 1.59. The van der Waals surface area contributed by atoms with Gasteiger partial charge in [-0.3, -0.25) is 4.79 Å². The number of rotatable bonds is 3. The van der Waals surface area contributed by atoms with Gasteiger partial charge in [-0.1, -0.05) is 42.5 Å². The number of benzene rings is 2. The average molecular weight is 286 g/mol. The molecule has 2 aromatic carbocycles. The Labute approximate surface area is 124 Å². The van der Waals surface area contributed by atoms with Gasteiger partial charge in [-0.2, -0.15) is 0 Å². The molecule has 0 N–H and O–H groups in total. The van der Waals surface area contributed by atoms with E-state index in [0.29, 0.717) is 5.57 Å². The topological polar surface area (TPSA) is 26.3 Å². The van der Waals surface area contributed by atoms with Gasteiger partial charge in [0.1, 0.15) is 6.29 Å². The minimum atomic E-state index is -0.333. The molecule has 0 aliphatic rings. The molecule has 0 spiro atoms. The van der Waals surface area contributed by atoms with Crippen molar-refractivity contribution in [1.82, 2.24) is 0 Å². The Kier molecular flexibility index (Phi) is 6.34. The maximum Gasteiger partial charge on any atom is 0.165 e. The zero-order valence-electron chi connectivity index (χ0n) is 12.5. The third-order valence-corrected chi connectivity index (χ3v) is 2.74. The number of hydrogen-bond donors (Lipinski definition) is 0. The Hall–Kier alpha value is -2.42. The maximum absolute atomic E-state index is 13.5. The number of methoxy groups -OCH3 is 1. The Morgan fingerprint density at radius 3 is 2.10 bits per heavy atom. The molecular formula is C18H19FO2. The van der Waals surface area contributed by atoms with E-state index in [-0.39, 0.29) is 11.6 Å². The Morgan fingerprint density at radius 2 is 1.67 bits per heavy atom. The van der Waals surface area contributed by atoms with E-state index in [1.165, 1.54) is 18.7 Å². The highest BCUT2D eigenvalue weighted by Crippen LogP contribution is 2.25. The molecule has 0 radical (unpaired) electrons. The lowest BCUT2D eigenvalue weighted by Gasteiger charge is -2.05. The van der Waals surface area contributed by atoms with E-state index >= 15 is 0 Å². The van der Waals surface area contributed by atoms with Crippen LogP contribution in [0.15, 0.2) is 54.6 Å². The Balaban J connectivity index is 0.000000383. The van der Waals surface area contributed by atoms with E-state index in [2.05, 4.69) is 6.58 Å². The van der Waals surface area contributed by atoms with Crippen molar-refractivity contribution in [3.05, 3.63) is 66.0 Å². The van der Waals surface area contributed by atoms with Gasteiger partial charge in [-0.05, 0) is 42.7 Å². The number of allylic oxidation sites excluding steroid dienone is 1. The summed E-state index contributed by atoms with van der Waals surface area (Å²) in [6.45, 7) is 6.99. The van der Waals surface area contributed by atoms with Crippen LogP contribution in [0.3, 0.4) is 0 Å². The van der Waals surface area contributed by atoms with E-state index in [9.17, 15) is 9.18 Å². The third-order valence-electron chi connectivity index (χ3n) is 2.74. The van der Waals surface area contributed by atoms with Crippen LogP contribution in [-0.4, -0.2) is 13.4 Å². The number of carbonyl (C=O) groups is 1.